The van der Waals surface area contributed by atoms with Crippen molar-refractivity contribution in [3.8, 4) is 0 Å². The van der Waals surface area contributed by atoms with Crippen LogP contribution in [0, 0.1) is 5.41 Å². The van der Waals surface area contributed by atoms with Gasteiger partial charge in [0.05, 0.1) is 0 Å². The molecule has 0 aliphatic heterocycles. The molecule has 0 aliphatic rings. The van der Waals surface area contributed by atoms with E-state index in [-0.39, 0.29) is 0 Å². The van der Waals surface area contributed by atoms with Gasteiger partial charge in [0.1, 0.15) is 0 Å². The first-order valence-electron chi connectivity index (χ1n) is 40.7. The minimum absolute atomic E-state index is 0.647. The fourth-order valence-corrected chi connectivity index (χ4v) is 14.5. The highest BCUT2D eigenvalue weighted by Gasteiger charge is 2.28. The van der Waals surface area contributed by atoms with Crippen molar-refractivity contribution in [2.45, 2.75) is 522 Å². The smallest absolute Gasteiger partial charge is 0.0297 e. The van der Waals surface area contributed by atoms with E-state index in [4.69, 9.17) is 0 Å². The molecule has 0 heterocycles. The molecule has 82 heavy (non-hydrogen) atoms. The Labute approximate surface area is 524 Å². The predicted molar refractivity (Wildman–Crippen MR) is 381 cm³/mol. The first kappa shape index (κ1) is 82.0. The molecule has 0 nitrogen and oxygen atoms in total. The van der Waals surface area contributed by atoms with Gasteiger partial charge in [0.2, 0.25) is 0 Å². The zero-order chi connectivity index (χ0) is 58.9. The first-order valence-corrected chi connectivity index (χ1v) is 40.7. The molecular formula is C82H166. The Morgan fingerprint density at radius 1 is 0.0976 bits per heavy atom. The molecule has 0 saturated carbocycles. The number of hydrogen-bond acceptors (Lipinski definition) is 0. The highest BCUT2D eigenvalue weighted by molar-refractivity contribution is 4.80. The summed E-state index contributed by atoms with van der Waals surface area (Å²) in [6.07, 6.45) is 115. The SMILES string of the molecule is CCCCCCCCCCCCCCCCCCCCCC(CCCCCCCCCCCCCCCCCCCC)(CCCCCCCCCCCCCCCCCCCC)CCCCCCCCCCCCCCCCCCCC. The molecule has 0 rings (SSSR count). The normalized spacial score (nSPS) is 12.0. The number of unbranched alkanes of at least 4 members (excludes halogenated alkanes) is 69. The molecule has 0 heteroatoms. The summed E-state index contributed by atoms with van der Waals surface area (Å²) in [5, 5.41) is 0. The second-order valence-corrected chi connectivity index (χ2v) is 28.9. The van der Waals surface area contributed by atoms with Crippen molar-refractivity contribution in [3.63, 3.8) is 0 Å². The minimum atomic E-state index is 0.647. The summed E-state index contributed by atoms with van der Waals surface area (Å²) in [5.74, 6) is 0. The second-order valence-electron chi connectivity index (χ2n) is 28.9. The van der Waals surface area contributed by atoms with Gasteiger partial charge in [-0.3, -0.25) is 0 Å². The lowest BCUT2D eigenvalue weighted by molar-refractivity contribution is 0.171. The highest BCUT2D eigenvalue weighted by Crippen LogP contribution is 2.42. The monoisotopic (exact) mass is 1150 g/mol. The van der Waals surface area contributed by atoms with Crippen LogP contribution in [0.3, 0.4) is 0 Å². The fourth-order valence-electron chi connectivity index (χ4n) is 14.5. The van der Waals surface area contributed by atoms with Crippen molar-refractivity contribution in [2.75, 3.05) is 0 Å². The molecule has 0 aromatic heterocycles. The summed E-state index contributed by atoms with van der Waals surface area (Å²) in [4.78, 5) is 0. The Balaban J connectivity index is 4.98. The van der Waals surface area contributed by atoms with E-state index in [0.29, 0.717) is 5.41 Å². The van der Waals surface area contributed by atoms with E-state index in [9.17, 15) is 0 Å². The topological polar surface area (TPSA) is 0 Å². The molecule has 0 N–H and O–H groups in total. The summed E-state index contributed by atoms with van der Waals surface area (Å²) in [7, 11) is 0. The van der Waals surface area contributed by atoms with E-state index in [1.165, 1.54) is 469 Å². The van der Waals surface area contributed by atoms with Crippen LogP contribution >= 0.6 is 0 Å². The number of hydrogen-bond donors (Lipinski definition) is 0. The molecular weight excluding hydrogens is 985 g/mol. The maximum Gasteiger partial charge on any atom is -0.0297 e. The van der Waals surface area contributed by atoms with Crippen LogP contribution in [0.2, 0.25) is 0 Å². The highest BCUT2D eigenvalue weighted by atomic mass is 14.3. The third kappa shape index (κ3) is 69.1. The van der Waals surface area contributed by atoms with Gasteiger partial charge >= 0.3 is 0 Å². The first-order chi connectivity index (χ1) is 40.7. The summed E-state index contributed by atoms with van der Waals surface area (Å²) in [6.45, 7) is 9.33. The van der Waals surface area contributed by atoms with E-state index >= 15 is 0 Å². The van der Waals surface area contributed by atoms with Crippen LogP contribution in [0.25, 0.3) is 0 Å². The lowest BCUT2D eigenvalue weighted by atomic mass is 9.70. The van der Waals surface area contributed by atoms with Crippen molar-refractivity contribution in [1.29, 1.82) is 0 Å². The summed E-state index contributed by atoms with van der Waals surface area (Å²) < 4.78 is 0. The maximum atomic E-state index is 2.33. The molecule has 0 aromatic rings. The van der Waals surface area contributed by atoms with Gasteiger partial charge in [-0.05, 0) is 31.1 Å². The number of rotatable bonds is 77. The largest absolute Gasteiger partial charge is 0.0654 e. The van der Waals surface area contributed by atoms with Gasteiger partial charge < -0.3 is 0 Å². The lowest BCUT2D eigenvalue weighted by Crippen LogP contribution is -2.21. The Bertz CT molecular complexity index is 958. The van der Waals surface area contributed by atoms with Crippen LogP contribution in [0.4, 0.5) is 0 Å². The summed E-state index contributed by atoms with van der Waals surface area (Å²) in [5.41, 5.74) is 0.647. The summed E-state index contributed by atoms with van der Waals surface area (Å²) >= 11 is 0. The fraction of sp³-hybridized carbons (Fsp3) is 1.00. The van der Waals surface area contributed by atoms with Gasteiger partial charge in [-0.15, -0.1) is 0 Å². The molecule has 0 radical (unpaired) electrons. The van der Waals surface area contributed by atoms with E-state index in [0.717, 1.165) is 0 Å². The van der Waals surface area contributed by atoms with Gasteiger partial charge in [0, 0.05) is 0 Å². The van der Waals surface area contributed by atoms with Crippen LogP contribution in [0.15, 0.2) is 0 Å². The van der Waals surface area contributed by atoms with Crippen molar-refractivity contribution in [3.05, 3.63) is 0 Å². The lowest BCUT2D eigenvalue weighted by Gasteiger charge is -2.35. The maximum absolute atomic E-state index is 2.33. The van der Waals surface area contributed by atoms with Crippen molar-refractivity contribution < 1.29 is 0 Å². The average molecular weight is 1150 g/mol. The van der Waals surface area contributed by atoms with Crippen LogP contribution in [-0.4, -0.2) is 0 Å². The van der Waals surface area contributed by atoms with Crippen LogP contribution in [0.5, 0.6) is 0 Å². The molecule has 0 spiro atoms. The predicted octanol–water partition coefficient (Wildman–Crippen LogP) is 32.1. The molecule has 494 valence electrons. The zero-order valence-corrected chi connectivity index (χ0v) is 58.9. The van der Waals surface area contributed by atoms with Crippen molar-refractivity contribution in [1.82, 2.24) is 0 Å². The summed E-state index contributed by atoms with van der Waals surface area (Å²) in [6, 6.07) is 0. The molecule has 0 aromatic carbocycles. The van der Waals surface area contributed by atoms with E-state index < -0.39 is 0 Å². The van der Waals surface area contributed by atoms with E-state index in [1.807, 2.05) is 0 Å². The van der Waals surface area contributed by atoms with Crippen LogP contribution in [0.1, 0.15) is 522 Å². The molecule has 0 amide bonds. The average Bonchev–Trinajstić information content (AvgIpc) is 3.50. The molecule has 0 saturated heterocycles. The third-order valence-electron chi connectivity index (χ3n) is 20.5. The standard InChI is InChI=1S/C82H166/c1-5-9-13-17-21-25-29-33-37-41-45-49-53-57-61-65-69-73-77-81-82(78-74-70-66-62-58-54-50-46-42-38-34-30-26-22-18-14-10-6-2,79-75-71-67-63-59-55-51-47-43-39-35-31-27-23-19-15-11-7-3)80-76-72-68-64-60-56-52-48-44-40-36-32-28-24-20-16-12-8-4/h5-81H2,1-4H3. The Hall–Kier alpha value is 0. The van der Waals surface area contributed by atoms with E-state index in [1.54, 1.807) is 25.7 Å². The van der Waals surface area contributed by atoms with Crippen LogP contribution in [-0.2, 0) is 0 Å². The van der Waals surface area contributed by atoms with E-state index in [2.05, 4.69) is 27.7 Å². The zero-order valence-electron chi connectivity index (χ0n) is 58.9. The molecule has 0 fully saturated rings. The minimum Gasteiger partial charge on any atom is -0.0654 e. The molecule has 0 aliphatic carbocycles. The van der Waals surface area contributed by atoms with Gasteiger partial charge in [0.25, 0.3) is 0 Å². The third-order valence-corrected chi connectivity index (χ3v) is 20.5. The van der Waals surface area contributed by atoms with Crippen molar-refractivity contribution >= 4 is 0 Å². The Kier molecular flexibility index (Phi) is 75.3. The second kappa shape index (κ2) is 75.3. The Morgan fingerprint density at radius 3 is 0.256 bits per heavy atom. The quantitative estimate of drug-likeness (QED) is 0.0533. The molecule has 0 atom stereocenters. The van der Waals surface area contributed by atoms with Crippen molar-refractivity contribution in [2.24, 2.45) is 5.41 Å². The van der Waals surface area contributed by atoms with Gasteiger partial charge in [0.15, 0.2) is 0 Å². The molecule has 0 bridgehead atoms. The van der Waals surface area contributed by atoms with Gasteiger partial charge in [-0.2, -0.15) is 0 Å². The van der Waals surface area contributed by atoms with Crippen LogP contribution < -0.4 is 0 Å². The Morgan fingerprint density at radius 2 is 0.171 bits per heavy atom. The van der Waals surface area contributed by atoms with Gasteiger partial charge in [-0.25, -0.2) is 0 Å². The van der Waals surface area contributed by atoms with Gasteiger partial charge in [-0.1, -0.05) is 496 Å². The molecule has 0 unspecified atom stereocenters.